The zero-order valence-electron chi connectivity index (χ0n) is 17.3. The van der Waals surface area contributed by atoms with Crippen LogP contribution in [0.5, 0.6) is 0 Å². The first-order valence-electron chi connectivity index (χ1n) is 10.3. The van der Waals surface area contributed by atoms with Gasteiger partial charge in [-0.15, -0.1) is 22.7 Å². The average molecular weight is 471 g/mol. The molecule has 1 fully saturated rings. The highest BCUT2D eigenvalue weighted by molar-refractivity contribution is 7.15. The van der Waals surface area contributed by atoms with Crippen LogP contribution in [0.4, 0.5) is 0 Å². The van der Waals surface area contributed by atoms with Gasteiger partial charge in [0.15, 0.2) is 4.96 Å². The number of aryl methyl sites for hydroxylation is 1. The molecule has 4 heterocycles. The molecule has 1 aliphatic heterocycles. The minimum atomic E-state index is 0.0180. The molecule has 1 aromatic carbocycles. The fourth-order valence-corrected chi connectivity index (χ4v) is 6.28. The SMILES string of the molecule is Cc1csc2nc(CN3CCN(Cc4ccc(-c5ccccc5Cl)s4)CC3)cc(=O)n12. The third-order valence-corrected chi connectivity index (χ3v) is 8.04. The van der Waals surface area contributed by atoms with Crippen molar-refractivity contribution in [2.24, 2.45) is 0 Å². The second-order valence-electron chi connectivity index (χ2n) is 7.88. The molecule has 0 aliphatic carbocycles. The molecule has 1 aliphatic rings. The molecule has 5 nitrogen and oxygen atoms in total. The fourth-order valence-electron chi connectivity index (χ4n) is 4.01. The van der Waals surface area contributed by atoms with Crippen LogP contribution in [0.25, 0.3) is 15.4 Å². The van der Waals surface area contributed by atoms with E-state index < -0.39 is 0 Å². The molecule has 3 aromatic heterocycles. The lowest BCUT2D eigenvalue weighted by Gasteiger charge is -2.34. The average Bonchev–Trinajstić information content (AvgIpc) is 3.37. The molecule has 0 N–H and O–H groups in total. The number of halogens is 1. The van der Waals surface area contributed by atoms with Crippen molar-refractivity contribution in [3.8, 4) is 10.4 Å². The largest absolute Gasteiger partial charge is 0.296 e. The van der Waals surface area contributed by atoms with Crippen molar-refractivity contribution in [1.29, 1.82) is 0 Å². The van der Waals surface area contributed by atoms with Crippen LogP contribution in [0, 0.1) is 6.92 Å². The van der Waals surface area contributed by atoms with E-state index in [2.05, 4.69) is 28.0 Å². The number of rotatable bonds is 5. The van der Waals surface area contributed by atoms with Gasteiger partial charge in [-0.3, -0.25) is 19.0 Å². The summed E-state index contributed by atoms with van der Waals surface area (Å²) >= 11 is 9.69. The molecule has 0 saturated carbocycles. The maximum absolute atomic E-state index is 12.4. The van der Waals surface area contributed by atoms with Crippen molar-refractivity contribution in [3.05, 3.63) is 79.5 Å². The highest BCUT2D eigenvalue weighted by Crippen LogP contribution is 2.33. The quantitative estimate of drug-likeness (QED) is 0.421. The van der Waals surface area contributed by atoms with Crippen LogP contribution in [0.1, 0.15) is 16.3 Å². The maximum atomic E-state index is 12.4. The molecule has 0 atom stereocenters. The standard InChI is InChI=1S/C23H23ClN4OS2/c1-16-15-30-23-25-17(12-22(29)28(16)23)13-26-8-10-27(11-9-26)14-18-6-7-21(31-18)19-4-2-3-5-20(19)24/h2-7,12,15H,8-11,13-14H2,1H3. The van der Waals surface area contributed by atoms with Crippen molar-refractivity contribution < 1.29 is 0 Å². The lowest BCUT2D eigenvalue weighted by Crippen LogP contribution is -2.45. The molecule has 31 heavy (non-hydrogen) atoms. The summed E-state index contributed by atoms with van der Waals surface area (Å²) in [4.78, 5) is 25.3. The van der Waals surface area contributed by atoms with Gasteiger partial charge in [-0.25, -0.2) is 4.98 Å². The summed E-state index contributed by atoms with van der Waals surface area (Å²) in [7, 11) is 0. The molecule has 160 valence electrons. The Kier molecular flexibility index (Phi) is 5.95. The van der Waals surface area contributed by atoms with E-state index in [-0.39, 0.29) is 5.56 Å². The number of hydrogen-bond acceptors (Lipinski definition) is 6. The normalized spacial score (nSPS) is 15.7. The van der Waals surface area contributed by atoms with Crippen LogP contribution in [0.15, 0.2) is 52.6 Å². The smallest absolute Gasteiger partial charge is 0.259 e. The lowest BCUT2D eigenvalue weighted by molar-refractivity contribution is 0.122. The van der Waals surface area contributed by atoms with Crippen molar-refractivity contribution in [2.75, 3.05) is 26.2 Å². The van der Waals surface area contributed by atoms with E-state index in [1.807, 2.05) is 41.8 Å². The van der Waals surface area contributed by atoms with Crippen LogP contribution in [-0.2, 0) is 13.1 Å². The zero-order valence-corrected chi connectivity index (χ0v) is 19.6. The van der Waals surface area contributed by atoms with Crippen molar-refractivity contribution in [2.45, 2.75) is 20.0 Å². The van der Waals surface area contributed by atoms with E-state index in [0.29, 0.717) is 0 Å². The van der Waals surface area contributed by atoms with Gasteiger partial charge in [0.25, 0.3) is 5.56 Å². The molecule has 1 saturated heterocycles. The van der Waals surface area contributed by atoms with E-state index in [1.165, 1.54) is 21.1 Å². The molecule has 8 heteroatoms. The van der Waals surface area contributed by atoms with E-state index in [1.54, 1.807) is 10.5 Å². The van der Waals surface area contributed by atoms with Crippen molar-refractivity contribution in [1.82, 2.24) is 19.2 Å². The van der Waals surface area contributed by atoms with Gasteiger partial charge in [-0.2, -0.15) is 0 Å². The second kappa shape index (κ2) is 8.84. The molecule has 0 bridgehead atoms. The first-order chi connectivity index (χ1) is 15.1. The minimum absolute atomic E-state index is 0.0180. The van der Waals surface area contributed by atoms with Gasteiger partial charge in [0.2, 0.25) is 0 Å². The Morgan fingerprint density at radius 1 is 1.03 bits per heavy atom. The van der Waals surface area contributed by atoms with Gasteiger partial charge in [-0.1, -0.05) is 29.8 Å². The molecular formula is C23H23ClN4OS2. The zero-order chi connectivity index (χ0) is 21.4. The summed E-state index contributed by atoms with van der Waals surface area (Å²) in [6, 6.07) is 14.1. The van der Waals surface area contributed by atoms with Crippen LogP contribution in [0.3, 0.4) is 0 Å². The number of hydrogen-bond donors (Lipinski definition) is 0. The van der Waals surface area contributed by atoms with Crippen LogP contribution in [0.2, 0.25) is 5.02 Å². The van der Waals surface area contributed by atoms with Gasteiger partial charge in [0.1, 0.15) is 0 Å². The molecule has 4 aromatic rings. The number of benzene rings is 1. The Morgan fingerprint density at radius 3 is 2.55 bits per heavy atom. The summed E-state index contributed by atoms with van der Waals surface area (Å²) in [5.74, 6) is 0. The number of fused-ring (bicyclic) bond motifs is 1. The molecular weight excluding hydrogens is 448 g/mol. The Morgan fingerprint density at radius 2 is 1.77 bits per heavy atom. The molecule has 5 rings (SSSR count). The van der Waals surface area contributed by atoms with E-state index in [0.717, 1.165) is 66.2 Å². The summed E-state index contributed by atoms with van der Waals surface area (Å²) < 4.78 is 1.68. The predicted molar refractivity (Wildman–Crippen MR) is 129 cm³/mol. The highest BCUT2D eigenvalue weighted by Gasteiger charge is 2.19. The Bertz CT molecular complexity index is 1270. The van der Waals surface area contributed by atoms with Gasteiger partial charge in [0, 0.05) is 76.7 Å². The molecule has 0 spiro atoms. The van der Waals surface area contributed by atoms with E-state index in [9.17, 15) is 4.79 Å². The van der Waals surface area contributed by atoms with E-state index >= 15 is 0 Å². The van der Waals surface area contributed by atoms with Crippen LogP contribution < -0.4 is 5.56 Å². The van der Waals surface area contributed by atoms with Gasteiger partial charge >= 0.3 is 0 Å². The summed E-state index contributed by atoms with van der Waals surface area (Å²) in [5.41, 5.74) is 2.93. The summed E-state index contributed by atoms with van der Waals surface area (Å²) in [5, 5.41) is 2.78. The number of piperazine rings is 1. The molecule has 0 unspecified atom stereocenters. The molecule has 0 radical (unpaired) electrons. The number of aromatic nitrogens is 2. The number of thiophene rings is 1. The van der Waals surface area contributed by atoms with Crippen LogP contribution in [-0.4, -0.2) is 45.4 Å². The Labute approximate surface area is 194 Å². The summed E-state index contributed by atoms with van der Waals surface area (Å²) in [6.45, 7) is 7.61. The monoisotopic (exact) mass is 470 g/mol. The highest BCUT2D eigenvalue weighted by atomic mass is 35.5. The van der Waals surface area contributed by atoms with Crippen LogP contribution >= 0.6 is 34.3 Å². The predicted octanol–water partition coefficient (Wildman–Crippen LogP) is 4.76. The molecule has 0 amide bonds. The maximum Gasteiger partial charge on any atom is 0.259 e. The first-order valence-corrected chi connectivity index (χ1v) is 12.4. The van der Waals surface area contributed by atoms with Gasteiger partial charge in [-0.05, 0) is 25.1 Å². The first kappa shape index (κ1) is 20.8. The summed E-state index contributed by atoms with van der Waals surface area (Å²) in [6.07, 6.45) is 0. The Balaban J connectivity index is 1.19. The number of thiazole rings is 1. The second-order valence-corrected chi connectivity index (χ2v) is 10.3. The van der Waals surface area contributed by atoms with Crippen molar-refractivity contribution in [3.63, 3.8) is 0 Å². The Hall–Kier alpha value is -2.03. The minimum Gasteiger partial charge on any atom is -0.296 e. The third-order valence-electron chi connectivity index (χ3n) is 5.66. The third kappa shape index (κ3) is 4.47. The van der Waals surface area contributed by atoms with E-state index in [4.69, 9.17) is 16.6 Å². The van der Waals surface area contributed by atoms with Gasteiger partial charge in [0.05, 0.1) is 5.69 Å². The van der Waals surface area contributed by atoms with Gasteiger partial charge < -0.3 is 0 Å². The van der Waals surface area contributed by atoms with Crippen molar-refractivity contribution >= 4 is 39.2 Å². The number of nitrogens with zero attached hydrogens (tertiary/aromatic N) is 4. The fraction of sp³-hybridized carbons (Fsp3) is 0.304. The lowest BCUT2D eigenvalue weighted by atomic mass is 10.2. The topological polar surface area (TPSA) is 40.9 Å².